The van der Waals surface area contributed by atoms with Gasteiger partial charge < -0.3 is 61.1 Å². The summed E-state index contributed by atoms with van der Waals surface area (Å²) in [6, 6.07) is 0. The maximum Gasteiger partial charge on any atom is 0.481 e. The molecule has 1 aliphatic heterocycles. The second-order valence-corrected chi connectivity index (χ2v) is 18.6. The number of anilines is 1. The van der Waals surface area contributed by atoms with E-state index in [9.17, 15) is 62.7 Å². The molecule has 61 heavy (non-hydrogen) atoms. The molecule has 0 bridgehead atoms. The third-order valence-electron chi connectivity index (χ3n) is 7.27. The van der Waals surface area contributed by atoms with Gasteiger partial charge >= 0.3 is 29.4 Å². The summed E-state index contributed by atoms with van der Waals surface area (Å²) < 4.78 is 61.8. The number of aliphatic hydroxyl groups excluding tert-OH is 2. The first kappa shape index (κ1) is 55.5. The van der Waals surface area contributed by atoms with Gasteiger partial charge in [0.1, 0.15) is 36.3 Å². The number of aliphatic carboxylic acids is 2. The predicted octanol–water partition coefficient (Wildman–Crippen LogP) is -0.353. The Hall–Kier alpha value is -3.50. The zero-order chi connectivity index (χ0) is 46.9. The largest absolute Gasteiger partial charge is 0.481 e. The lowest BCUT2D eigenvalue weighted by Gasteiger charge is -2.30. The van der Waals surface area contributed by atoms with Crippen LogP contribution < -0.4 is 16.4 Å². The Kier molecular flexibility index (Phi) is 22.7. The van der Waals surface area contributed by atoms with Crippen molar-refractivity contribution in [1.82, 2.24) is 30.2 Å². The third kappa shape index (κ3) is 21.0. The van der Waals surface area contributed by atoms with Gasteiger partial charge in [-0.15, -0.1) is 0 Å². The fourth-order valence-corrected chi connectivity index (χ4v) is 7.86. The molecule has 3 heterocycles. The number of carbonyl (C=O) groups is 5. The van der Waals surface area contributed by atoms with Gasteiger partial charge in [-0.05, 0) is 6.42 Å². The average Bonchev–Trinajstić information content (AvgIpc) is 3.68. The Balaban J connectivity index is 0.00000166. The number of thioether (sulfide) groups is 1. The molecule has 0 aliphatic carbocycles. The number of nitrogen functional groups attached to an aromatic ring is 1. The molecular weight excluding hydrogens is 907 g/mol. The third-order valence-corrected chi connectivity index (χ3v) is 11.2. The molecule has 2 aromatic heterocycles. The average molecular weight is 958 g/mol. The van der Waals surface area contributed by atoms with E-state index in [1.165, 1.54) is 20.8 Å². The molecule has 3 rings (SSSR count). The Morgan fingerprint density at radius 1 is 0.984 bits per heavy atom. The first-order chi connectivity index (χ1) is 28.0. The van der Waals surface area contributed by atoms with Crippen molar-refractivity contribution in [1.29, 1.82) is 0 Å². The molecule has 12 N–H and O–H groups in total. The summed E-state index contributed by atoms with van der Waals surface area (Å²) >= 11 is 1.03. The van der Waals surface area contributed by atoms with Crippen molar-refractivity contribution in [3.05, 3.63) is 12.7 Å². The number of ether oxygens (including phenoxy) is 1. The summed E-state index contributed by atoms with van der Waals surface area (Å²) in [5.41, 5.74) is 4.26. The second kappa shape index (κ2) is 25.0. The Bertz CT molecular complexity index is 1950. The summed E-state index contributed by atoms with van der Waals surface area (Å²) in [6.07, 6.45) is -5.86. The summed E-state index contributed by atoms with van der Waals surface area (Å²) in [7, 11) is -16.4. The summed E-state index contributed by atoms with van der Waals surface area (Å²) in [4.78, 5) is 105. The van der Waals surface area contributed by atoms with Crippen molar-refractivity contribution < 1.29 is 100 Å². The van der Waals surface area contributed by atoms with Crippen molar-refractivity contribution in [2.75, 3.05) is 37.8 Å². The molecule has 0 spiro atoms. The van der Waals surface area contributed by atoms with Crippen LogP contribution in [0.15, 0.2) is 12.7 Å². The van der Waals surface area contributed by atoms with Crippen molar-refractivity contribution in [2.45, 2.75) is 84.5 Å². The van der Waals surface area contributed by atoms with Crippen LogP contribution in [0.5, 0.6) is 0 Å². The summed E-state index contributed by atoms with van der Waals surface area (Å²) in [5, 5.41) is 41.4. The number of aliphatic hydroxyl groups is 2. The Labute approximate surface area is 351 Å². The highest BCUT2D eigenvalue weighted by Crippen LogP contribution is 2.61. The van der Waals surface area contributed by atoms with Crippen LogP contribution in [0, 0.1) is 5.41 Å². The normalized spacial score (nSPS) is 20.1. The van der Waals surface area contributed by atoms with Crippen LogP contribution in [0.1, 0.15) is 60.1 Å². The number of rotatable bonds is 21. The number of carboxylic acids is 2. The highest BCUT2D eigenvalue weighted by molar-refractivity contribution is 8.13. The van der Waals surface area contributed by atoms with Gasteiger partial charge in [0.2, 0.25) is 11.8 Å². The van der Waals surface area contributed by atoms with E-state index in [2.05, 4.69) is 34.4 Å². The fraction of sp³-hybridized carbons (Fsp3) is 0.655. The quantitative estimate of drug-likeness (QED) is 0.0562. The van der Waals surface area contributed by atoms with Crippen molar-refractivity contribution in [3.63, 3.8) is 0 Å². The van der Waals surface area contributed by atoms with Crippen molar-refractivity contribution in [2.24, 2.45) is 5.41 Å². The lowest BCUT2D eigenvalue weighted by atomic mass is 9.87. The number of aromatic nitrogens is 4. The molecule has 2 aromatic rings. The number of imidazole rings is 1. The number of phosphoric acid groups is 3. The van der Waals surface area contributed by atoms with E-state index < -0.39 is 96.5 Å². The lowest BCUT2D eigenvalue weighted by molar-refractivity contribution is -0.137. The van der Waals surface area contributed by atoms with Crippen molar-refractivity contribution in [3.8, 4) is 0 Å². The van der Waals surface area contributed by atoms with Gasteiger partial charge in [0.05, 0.1) is 19.5 Å². The Morgan fingerprint density at radius 2 is 1.59 bits per heavy atom. The standard InChI is InChI=1S/C23H38N7O17P3S.C4H8O2.C2H4O2/c1-12(31)51-7-6-25-14(32)4-5-26-21(35)18(34)23(2,3)9-44-50(41,42)47-49(39,40)43-8-13-17(46-48(36,37)38)16(33)22(45-13)30-11-29-15-19(24)27-10-28-20(15)30;1-2-3-4(5)6;1-2(3)4/h10-11,13,16-18,22,33-34H,4-9H2,1-3H3,(H,25,32)(H,26,35)(H,39,40)(H,41,42)(H2,24,27,28)(H2,36,37,38);2-3H2,1H3,(H,5,6);1H3,(H,3,4)/t13-,16-,17-,18+,22-;;/m1../s1. The number of nitrogens with zero attached hydrogens (tertiary/aromatic N) is 4. The molecule has 1 fully saturated rings. The van der Waals surface area contributed by atoms with E-state index in [0.717, 1.165) is 42.3 Å². The first-order valence-corrected chi connectivity index (χ1v) is 23.0. The molecule has 2 amide bonds. The second-order valence-electron chi connectivity index (χ2n) is 13.1. The maximum absolute atomic E-state index is 12.6. The predicted molar refractivity (Wildman–Crippen MR) is 209 cm³/mol. The minimum Gasteiger partial charge on any atom is -0.481 e. The molecule has 0 aromatic carbocycles. The van der Waals surface area contributed by atoms with E-state index in [4.69, 9.17) is 34.5 Å². The molecule has 1 aliphatic rings. The number of carboxylic acid groups (broad SMARTS) is 2. The van der Waals surface area contributed by atoms with Gasteiger partial charge in [-0.1, -0.05) is 32.5 Å². The van der Waals surface area contributed by atoms with Gasteiger partial charge in [-0.2, -0.15) is 4.31 Å². The van der Waals surface area contributed by atoms with Gasteiger partial charge in [0, 0.05) is 50.9 Å². The van der Waals surface area contributed by atoms with Gasteiger partial charge in [-0.3, -0.25) is 42.1 Å². The van der Waals surface area contributed by atoms with Gasteiger partial charge in [0.15, 0.2) is 22.8 Å². The first-order valence-electron chi connectivity index (χ1n) is 17.5. The van der Waals surface area contributed by atoms with E-state index >= 15 is 0 Å². The minimum absolute atomic E-state index is 0.0310. The Morgan fingerprint density at radius 3 is 2.13 bits per heavy atom. The summed E-state index contributed by atoms with van der Waals surface area (Å²) in [5.74, 6) is -2.63. The van der Waals surface area contributed by atoms with E-state index in [0.29, 0.717) is 12.2 Å². The number of phosphoric ester groups is 3. The van der Waals surface area contributed by atoms with Gasteiger partial charge in [0.25, 0.3) is 5.97 Å². The van der Waals surface area contributed by atoms with Crippen LogP contribution >= 0.6 is 35.2 Å². The fourth-order valence-electron chi connectivity index (χ4n) is 4.54. The van der Waals surface area contributed by atoms with Crippen LogP contribution in [0.3, 0.4) is 0 Å². The molecule has 0 radical (unpaired) electrons. The summed E-state index contributed by atoms with van der Waals surface area (Å²) in [6.45, 7) is 4.83. The molecule has 28 nitrogen and oxygen atoms in total. The van der Waals surface area contributed by atoms with Crippen LogP contribution in [-0.2, 0) is 60.3 Å². The van der Waals surface area contributed by atoms with E-state index in [-0.39, 0.29) is 41.6 Å². The minimum atomic E-state index is -5.56. The monoisotopic (exact) mass is 957 g/mol. The SMILES string of the molecule is CC(=O)O.CC(=O)SCCNC(=O)CCNC(=O)[C@H](O)C(C)(C)COP(=O)(O)OP(=O)(O)OC[C@H]1O[C@@H](n2cnc3c(N)ncnc32)[C@H](O)[C@@H]1OP(=O)(O)O.CCCC(=O)O. The maximum atomic E-state index is 12.6. The highest BCUT2D eigenvalue weighted by Gasteiger charge is 2.50. The topological polar surface area (TPSA) is 438 Å². The number of nitrogens with one attached hydrogen (secondary N) is 2. The number of amides is 2. The van der Waals surface area contributed by atoms with Crippen LogP contribution in [-0.4, -0.2) is 145 Å². The van der Waals surface area contributed by atoms with Crippen LogP contribution in [0.25, 0.3) is 11.2 Å². The molecule has 7 atom stereocenters. The molecule has 0 saturated carbocycles. The molecule has 1 saturated heterocycles. The number of nitrogens with two attached hydrogens (primary N) is 1. The van der Waals surface area contributed by atoms with Crippen molar-refractivity contribution >= 4 is 81.1 Å². The number of fused-ring (bicyclic) bond motifs is 1. The van der Waals surface area contributed by atoms with Crippen LogP contribution in [0.4, 0.5) is 5.82 Å². The molecule has 32 heteroatoms. The zero-order valence-corrected chi connectivity index (χ0v) is 36.7. The molecule has 348 valence electrons. The lowest BCUT2D eigenvalue weighted by Crippen LogP contribution is -2.46. The number of hydrogen-bond acceptors (Lipinski definition) is 20. The van der Waals surface area contributed by atoms with Gasteiger partial charge in [-0.25, -0.2) is 28.6 Å². The smallest absolute Gasteiger partial charge is 0.481 e. The highest BCUT2D eigenvalue weighted by atomic mass is 32.2. The number of carbonyl (C=O) groups excluding carboxylic acids is 3. The van der Waals surface area contributed by atoms with E-state index in [1.54, 1.807) is 0 Å². The van der Waals surface area contributed by atoms with Crippen LogP contribution in [0.2, 0.25) is 0 Å². The molecular formula is C29H50N7O21P3S. The molecule has 2 unspecified atom stereocenters. The van der Waals surface area contributed by atoms with E-state index in [1.807, 2.05) is 6.92 Å². The zero-order valence-electron chi connectivity index (χ0n) is 33.2. The number of hydrogen-bond donors (Lipinski definition) is 11.